The summed E-state index contributed by atoms with van der Waals surface area (Å²) in [4.78, 5) is 15.6. The molecule has 1 N–H and O–H groups in total. The number of halogens is 1. The number of amides is 1. The Labute approximate surface area is 145 Å². The van der Waals surface area contributed by atoms with Crippen LogP contribution in [0.25, 0.3) is 0 Å². The maximum absolute atomic E-state index is 12.1. The number of hydrogen-bond donors (Lipinski definition) is 1. The van der Waals surface area contributed by atoms with E-state index in [-0.39, 0.29) is 11.2 Å². The summed E-state index contributed by atoms with van der Waals surface area (Å²) in [5.41, 5.74) is 0. The van der Waals surface area contributed by atoms with E-state index in [0.717, 1.165) is 55.2 Å². The van der Waals surface area contributed by atoms with Crippen LogP contribution in [0.15, 0.2) is 33.6 Å². The summed E-state index contributed by atoms with van der Waals surface area (Å²) in [6.07, 6.45) is 0.988. The van der Waals surface area contributed by atoms with Crippen LogP contribution in [0, 0.1) is 0 Å². The van der Waals surface area contributed by atoms with Crippen LogP contribution in [0.2, 0.25) is 0 Å². The van der Waals surface area contributed by atoms with Crippen molar-refractivity contribution in [1.82, 2.24) is 10.2 Å². The first kappa shape index (κ1) is 17.8. The van der Waals surface area contributed by atoms with Gasteiger partial charge in [-0.1, -0.05) is 15.9 Å². The molecule has 1 aliphatic rings. The Hall–Kier alpha value is -0.560. The zero-order valence-corrected chi connectivity index (χ0v) is 15.3. The molecule has 1 saturated heterocycles. The summed E-state index contributed by atoms with van der Waals surface area (Å²) >= 11 is 5.00. The first-order valence-electron chi connectivity index (χ1n) is 7.65. The number of rotatable bonds is 7. The van der Waals surface area contributed by atoms with E-state index in [1.54, 1.807) is 11.8 Å². The van der Waals surface area contributed by atoms with Gasteiger partial charge < -0.3 is 10.1 Å². The minimum Gasteiger partial charge on any atom is -0.379 e. The normalized spacial score (nSPS) is 17.2. The highest BCUT2D eigenvalue weighted by molar-refractivity contribution is 9.10. The van der Waals surface area contributed by atoms with Crippen molar-refractivity contribution in [2.75, 3.05) is 39.4 Å². The molecule has 6 heteroatoms. The zero-order valence-electron chi connectivity index (χ0n) is 12.9. The third kappa shape index (κ3) is 6.28. The molecule has 0 aliphatic carbocycles. The minimum atomic E-state index is -0.0791. The van der Waals surface area contributed by atoms with Crippen LogP contribution in [0.3, 0.4) is 0 Å². The Kier molecular flexibility index (Phi) is 7.72. The Bertz CT molecular complexity index is 464. The van der Waals surface area contributed by atoms with Gasteiger partial charge in [0.1, 0.15) is 0 Å². The number of benzene rings is 1. The van der Waals surface area contributed by atoms with E-state index in [4.69, 9.17) is 4.74 Å². The number of hydrogen-bond acceptors (Lipinski definition) is 4. The van der Waals surface area contributed by atoms with Crippen LogP contribution >= 0.6 is 27.7 Å². The molecule has 4 nitrogen and oxygen atoms in total. The fraction of sp³-hybridized carbons (Fsp3) is 0.562. The molecular formula is C16H23BrN2O2S. The van der Waals surface area contributed by atoms with Crippen molar-refractivity contribution in [1.29, 1.82) is 0 Å². The maximum Gasteiger partial charge on any atom is 0.233 e. The average molecular weight is 387 g/mol. The van der Waals surface area contributed by atoms with Crippen LogP contribution in [0.1, 0.15) is 13.3 Å². The molecule has 1 aromatic rings. The first-order chi connectivity index (χ1) is 10.6. The van der Waals surface area contributed by atoms with Crippen LogP contribution in [0.5, 0.6) is 0 Å². The molecule has 0 radical (unpaired) electrons. The number of nitrogens with zero attached hydrogens (tertiary/aromatic N) is 1. The summed E-state index contributed by atoms with van der Waals surface area (Å²) in [5.74, 6) is 0.106. The van der Waals surface area contributed by atoms with E-state index in [2.05, 4.69) is 26.1 Å². The SMILES string of the molecule is CC(Sc1ccc(Br)cc1)C(=O)NCCCN1CCOCC1. The largest absolute Gasteiger partial charge is 0.379 e. The second-order valence-corrected chi connectivity index (χ2v) is 7.64. The summed E-state index contributed by atoms with van der Waals surface area (Å²) in [5, 5.41) is 2.95. The molecule has 1 atom stereocenters. The fourth-order valence-electron chi connectivity index (χ4n) is 2.25. The van der Waals surface area contributed by atoms with Crippen molar-refractivity contribution < 1.29 is 9.53 Å². The second kappa shape index (κ2) is 9.55. The van der Waals surface area contributed by atoms with Gasteiger partial charge in [-0.2, -0.15) is 0 Å². The molecule has 1 unspecified atom stereocenters. The van der Waals surface area contributed by atoms with Crippen LogP contribution < -0.4 is 5.32 Å². The molecule has 1 heterocycles. The molecular weight excluding hydrogens is 364 g/mol. The van der Waals surface area contributed by atoms with Crippen molar-refractivity contribution in [3.05, 3.63) is 28.7 Å². The summed E-state index contributed by atoms with van der Waals surface area (Å²) < 4.78 is 6.38. The highest BCUT2D eigenvalue weighted by Gasteiger charge is 2.14. The van der Waals surface area contributed by atoms with E-state index >= 15 is 0 Å². The van der Waals surface area contributed by atoms with Crippen molar-refractivity contribution in [3.63, 3.8) is 0 Å². The average Bonchev–Trinajstić information content (AvgIpc) is 2.54. The summed E-state index contributed by atoms with van der Waals surface area (Å²) in [6, 6.07) is 8.04. The van der Waals surface area contributed by atoms with Gasteiger partial charge in [0.2, 0.25) is 5.91 Å². The van der Waals surface area contributed by atoms with Gasteiger partial charge in [0.05, 0.1) is 18.5 Å². The van der Waals surface area contributed by atoms with Crippen LogP contribution in [-0.4, -0.2) is 55.4 Å². The molecule has 122 valence electrons. The highest BCUT2D eigenvalue weighted by Crippen LogP contribution is 2.24. The molecule has 1 aliphatic heterocycles. The predicted octanol–water partition coefficient (Wildman–Crippen LogP) is 2.77. The Balaban J connectivity index is 1.62. The molecule has 0 spiro atoms. The number of ether oxygens (including phenoxy) is 1. The minimum absolute atomic E-state index is 0.0791. The van der Waals surface area contributed by atoms with Crippen molar-refractivity contribution in [3.8, 4) is 0 Å². The monoisotopic (exact) mass is 386 g/mol. The number of carbonyl (C=O) groups is 1. The summed E-state index contributed by atoms with van der Waals surface area (Å²) in [6.45, 7) is 7.37. The van der Waals surface area contributed by atoms with Gasteiger partial charge >= 0.3 is 0 Å². The topological polar surface area (TPSA) is 41.6 Å². The highest BCUT2D eigenvalue weighted by atomic mass is 79.9. The van der Waals surface area contributed by atoms with Gasteiger partial charge in [0, 0.05) is 29.0 Å². The Morgan fingerprint density at radius 1 is 1.36 bits per heavy atom. The van der Waals surface area contributed by atoms with E-state index < -0.39 is 0 Å². The van der Waals surface area contributed by atoms with Gasteiger partial charge in [-0.25, -0.2) is 0 Å². The summed E-state index contributed by atoms with van der Waals surface area (Å²) in [7, 11) is 0. The molecule has 22 heavy (non-hydrogen) atoms. The first-order valence-corrected chi connectivity index (χ1v) is 9.32. The Morgan fingerprint density at radius 2 is 2.05 bits per heavy atom. The smallest absolute Gasteiger partial charge is 0.233 e. The fourth-order valence-corrected chi connectivity index (χ4v) is 3.41. The third-order valence-electron chi connectivity index (χ3n) is 3.55. The second-order valence-electron chi connectivity index (χ2n) is 5.31. The predicted molar refractivity (Wildman–Crippen MR) is 94.3 cm³/mol. The molecule has 1 amide bonds. The third-order valence-corrected chi connectivity index (χ3v) is 5.19. The van der Waals surface area contributed by atoms with E-state index in [9.17, 15) is 4.79 Å². The van der Waals surface area contributed by atoms with Gasteiger partial charge in [-0.05, 0) is 44.2 Å². The van der Waals surface area contributed by atoms with Crippen molar-refractivity contribution in [2.24, 2.45) is 0 Å². The number of morpholine rings is 1. The molecule has 0 saturated carbocycles. The molecule has 2 rings (SSSR count). The zero-order chi connectivity index (χ0) is 15.8. The number of carbonyl (C=O) groups excluding carboxylic acids is 1. The molecule has 0 aromatic heterocycles. The van der Waals surface area contributed by atoms with Crippen LogP contribution in [0.4, 0.5) is 0 Å². The lowest BCUT2D eigenvalue weighted by Crippen LogP contribution is -2.38. The lowest BCUT2D eigenvalue weighted by atomic mass is 10.3. The van der Waals surface area contributed by atoms with Gasteiger partial charge in [-0.3, -0.25) is 9.69 Å². The van der Waals surface area contributed by atoms with E-state index in [0.29, 0.717) is 0 Å². The molecule has 0 bridgehead atoms. The van der Waals surface area contributed by atoms with Gasteiger partial charge in [0.15, 0.2) is 0 Å². The quantitative estimate of drug-likeness (QED) is 0.577. The van der Waals surface area contributed by atoms with Gasteiger partial charge in [0.25, 0.3) is 0 Å². The standard InChI is InChI=1S/C16H23BrN2O2S/c1-13(22-15-5-3-14(17)4-6-15)16(20)18-7-2-8-19-9-11-21-12-10-19/h3-6,13H,2,7-12H2,1H3,(H,18,20). The van der Waals surface area contributed by atoms with Crippen molar-refractivity contribution >= 4 is 33.6 Å². The van der Waals surface area contributed by atoms with Crippen LogP contribution in [-0.2, 0) is 9.53 Å². The lowest BCUT2D eigenvalue weighted by Gasteiger charge is -2.26. The molecule has 1 fully saturated rings. The Morgan fingerprint density at radius 3 is 2.73 bits per heavy atom. The van der Waals surface area contributed by atoms with E-state index in [1.165, 1.54) is 0 Å². The van der Waals surface area contributed by atoms with Crippen molar-refractivity contribution in [2.45, 2.75) is 23.5 Å². The van der Waals surface area contributed by atoms with Gasteiger partial charge in [-0.15, -0.1) is 11.8 Å². The molecule has 1 aromatic carbocycles. The number of thioether (sulfide) groups is 1. The maximum atomic E-state index is 12.1. The lowest BCUT2D eigenvalue weighted by molar-refractivity contribution is -0.120. The van der Waals surface area contributed by atoms with E-state index in [1.807, 2.05) is 31.2 Å². The number of nitrogens with one attached hydrogen (secondary N) is 1.